The molecule has 6 heteroatoms. The maximum absolute atomic E-state index is 9.61. The average molecular weight is 346 g/mol. The quantitative estimate of drug-likeness (QED) is 0.417. The molecule has 4 aromatic heterocycles. The van der Waals surface area contributed by atoms with Crippen molar-refractivity contribution in [1.82, 2.24) is 23.2 Å². The van der Waals surface area contributed by atoms with Gasteiger partial charge in [-0.3, -0.25) is 8.80 Å². The normalized spacial score (nSPS) is 12.4. The van der Waals surface area contributed by atoms with Gasteiger partial charge in [0.05, 0.1) is 44.7 Å². The first-order valence-electron chi connectivity index (χ1n) is 8.69. The molecule has 0 aliphatic heterocycles. The number of benzene rings is 3. The van der Waals surface area contributed by atoms with Crippen molar-refractivity contribution in [2.75, 3.05) is 0 Å². The number of rotatable bonds is 0. The Morgan fingerprint density at radius 2 is 1.19 bits per heavy atom. The molecule has 0 spiro atoms. The van der Waals surface area contributed by atoms with Gasteiger partial charge in [0.15, 0.2) is 0 Å². The zero-order valence-corrected chi connectivity index (χ0v) is 14.0. The molecule has 0 fully saturated rings. The molecule has 0 saturated heterocycles. The van der Waals surface area contributed by atoms with Crippen LogP contribution in [0.3, 0.4) is 0 Å². The fraction of sp³-hybridized carbons (Fsp3) is 0. The first-order valence-corrected chi connectivity index (χ1v) is 8.69. The molecule has 4 heterocycles. The van der Waals surface area contributed by atoms with E-state index in [0.717, 1.165) is 50.2 Å². The Bertz CT molecular complexity index is 1620. The van der Waals surface area contributed by atoms with Crippen molar-refractivity contribution in [3.05, 3.63) is 66.2 Å². The summed E-state index contributed by atoms with van der Waals surface area (Å²) >= 11 is 0. The van der Waals surface area contributed by atoms with Gasteiger partial charge < -0.3 is 0 Å². The van der Waals surface area contributed by atoms with Crippen LogP contribution in [0.2, 0.25) is 0 Å². The number of imidazole rings is 4. The van der Waals surface area contributed by atoms with E-state index in [1.807, 2.05) is 48.5 Å². The third-order valence-corrected chi connectivity index (χ3v) is 5.39. The topological polar surface area (TPSA) is 62.8 Å². The first kappa shape index (κ1) is 13.1. The molecule has 0 unspecified atom stereocenters. The van der Waals surface area contributed by atoms with Crippen LogP contribution in [0.1, 0.15) is 5.56 Å². The maximum atomic E-state index is 9.61. The summed E-state index contributed by atoms with van der Waals surface area (Å²) in [5.74, 6) is 1.63. The van der Waals surface area contributed by atoms with Crippen molar-refractivity contribution in [2.24, 2.45) is 0 Å². The maximum Gasteiger partial charge on any atom is 0.223 e. The van der Waals surface area contributed by atoms with Crippen molar-refractivity contribution >= 4 is 50.2 Å². The van der Waals surface area contributed by atoms with Crippen LogP contribution in [0.5, 0.6) is 0 Å². The van der Waals surface area contributed by atoms with Crippen molar-refractivity contribution in [3.8, 4) is 6.07 Å². The summed E-state index contributed by atoms with van der Waals surface area (Å²) in [5, 5.41) is 9.61. The Hall–Kier alpha value is -4.11. The third kappa shape index (κ3) is 1.36. The molecule has 6 nitrogen and oxygen atoms in total. The zero-order valence-electron chi connectivity index (χ0n) is 14.0. The molecule has 27 heavy (non-hydrogen) atoms. The molecule has 0 aliphatic carbocycles. The molecule has 7 rings (SSSR count). The number of aromatic nitrogens is 5. The molecule has 0 aliphatic rings. The fourth-order valence-electron chi connectivity index (χ4n) is 4.33. The van der Waals surface area contributed by atoms with E-state index in [1.165, 1.54) is 0 Å². The summed E-state index contributed by atoms with van der Waals surface area (Å²) < 4.78 is 6.35. The summed E-state index contributed by atoms with van der Waals surface area (Å²) in [6, 6.07) is 22.3. The summed E-state index contributed by atoms with van der Waals surface area (Å²) in [7, 11) is 0. The molecule has 0 bridgehead atoms. The van der Waals surface area contributed by atoms with Crippen LogP contribution < -0.4 is 0 Å². The highest BCUT2D eigenvalue weighted by Gasteiger charge is 2.23. The number of hydrogen-bond donors (Lipinski definition) is 0. The van der Waals surface area contributed by atoms with E-state index in [-0.39, 0.29) is 0 Å². The van der Waals surface area contributed by atoms with E-state index in [9.17, 15) is 5.26 Å². The lowest BCUT2D eigenvalue weighted by atomic mass is 10.2. The van der Waals surface area contributed by atoms with Gasteiger partial charge in [-0.2, -0.15) is 5.26 Å². The molecule has 0 radical (unpaired) electrons. The molecule has 3 aromatic carbocycles. The van der Waals surface area contributed by atoms with Gasteiger partial charge in [-0.15, -0.1) is 0 Å². The molecule has 0 saturated carbocycles. The Morgan fingerprint density at radius 3 is 1.70 bits per heavy atom. The molecule has 0 N–H and O–H groups in total. The average Bonchev–Trinajstić information content (AvgIpc) is 3.41. The fourth-order valence-corrected chi connectivity index (χ4v) is 4.33. The SMILES string of the molecule is N#Cc1cc2c3c(c1)n1c4ccccc4nc1n3c1nc3ccccc3n21. The Labute approximate surface area is 151 Å². The van der Waals surface area contributed by atoms with E-state index in [4.69, 9.17) is 9.97 Å². The standard InChI is InChI=1S/C21H10N6/c22-11-12-9-17-19-18(10-12)26-16-8-4-2-6-14(16)24-21(26)27(19)20-23-13-5-1-3-7-15(13)25(17)20/h1-10H. The molecular weight excluding hydrogens is 336 g/mol. The second kappa shape index (κ2) is 4.17. The highest BCUT2D eigenvalue weighted by atomic mass is 15.3. The molecular formula is C21H10N6. The highest BCUT2D eigenvalue weighted by molar-refractivity contribution is 6.04. The molecule has 0 amide bonds. The van der Waals surface area contributed by atoms with Gasteiger partial charge in [0.25, 0.3) is 0 Å². The predicted molar refractivity (Wildman–Crippen MR) is 103 cm³/mol. The zero-order chi connectivity index (χ0) is 17.7. The van der Waals surface area contributed by atoms with Gasteiger partial charge in [-0.25, -0.2) is 14.4 Å². The van der Waals surface area contributed by atoms with E-state index in [2.05, 4.69) is 31.4 Å². The van der Waals surface area contributed by atoms with Crippen LogP contribution in [0.15, 0.2) is 60.7 Å². The number of nitrogens with zero attached hydrogens (tertiary/aromatic N) is 6. The minimum absolute atomic E-state index is 0.625. The first-order chi connectivity index (χ1) is 13.3. The molecule has 7 aromatic rings. The van der Waals surface area contributed by atoms with Gasteiger partial charge in [-0.1, -0.05) is 24.3 Å². The van der Waals surface area contributed by atoms with Crippen molar-refractivity contribution in [2.45, 2.75) is 0 Å². The Balaban J connectivity index is 1.91. The lowest BCUT2D eigenvalue weighted by Crippen LogP contribution is -1.88. The van der Waals surface area contributed by atoms with Gasteiger partial charge in [0.1, 0.15) is 5.52 Å². The van der Waals surface area contributed by atoms with Crippen molar-refractivity contribution in [1.29, 1.82) is 5.26 Å². The summed E-state index contributed by atoms with van der Waals surface area (Å²) in [6.07, 6.45) is 0. The van der Waals surface area contributed by atoms with Gasteiger partial charge in [-0.05, 0) is 36.4 Å². The Morgan fingerprint density at radius 1 is 0.667 bits per heavy atom. The van der Waals surface area contributed by atoms with E-state index in [0.29, 0.717) is 5.56 Å². The van der Waals surface area contributed by atoms with Crippen LogP contribution in [0, 0.1) is 11.3 Å². The summed E-state index contributed by atoms with van der Waals surface area (Å²) in [5.41, 5.74) is 7.53. The van der Waals surface area contributed by atoms with Crippen molar-refractivity contribution < 1.29 is 0 Å². The van der Waals surface area contributed by atoms with Gasteiger partial charge in [0, 0.05) is 0 Å². The third-order valence-electron chi connectivity index (χ3n) is 5.39. The minimum Gasteiger partial charge on any atom is -0.276 e. The van der Waals surface area contributed by atoms with E-state index < -0.39 is 0 Å². The number of nitriles is 1. The smallest absolute Gasteiger partial charge is 0.223 e. The molecule has 0 atom stereocenters. The lowest BCUT2D eigenvalue weighted by Gasteiger charge is -1.98. The van der Waals surface area contributed by atoms with Crippen LogP contribution in [-0.2, 0) is 0 Å². The predicted octanol–water partition coefficient (Wildman–Crippen LogP) is 4.00. The minimum atomic E-state index is 0.625. The largest absolute Gasteiger partial charge is 0.276 e. The summed E-state index contributed by atoms with van der Waals surface area (Å²) in [6.45, 7) is 0. The van der Waals surface area contributed by atoms with Gasteiger partial charge >= 0.3 is 0 Å². The van der Waals surface area contributed by atoms with Crippen LogP contribution in [-0.4, -0.2) is 23.2 Å². The van der Waals surface area contributed by atoms with E-state index >= 15 is 0 Å². The number of para-hydroxylation sites is 4. The highest BCUT2D eigenvalue weighted by Crippen LogP contribution is 2.34. The second-order valence-electron chi connectivity index (χ2n) is 6.78. The van der Waals surface area contributed by atoms with E-state index in [1.54, 1.807) is 0 Å². The summed E-state index contributed by atoms with van der Waals surface area (Å²) in [4.78, 5) is 9.74. The second-order valence-corrected chi connectivity index (χ2v) is 6.78. The lowest BCUT2D eigenvalue weighted by molar-refractivity contribution is 1.15. The molecule has 124 valence electrons. The Kier molecular flexibility index (Phi) is 2.03. The monoisotopic (exact) mass is 346 g/mol. The van der Waals surface area contributed by atoms with Gasteiger partial charge in [0.2, 0.25) is 11.6 Å². The number of fused-ring (bicyclic) bond motifs is 10. The number of hydrogen-bond acceptors (Lipinski definition) is 3. The van der Waals surface area contributed by atoms with Crippen LogP contribution in [0.25, 0.3) is 50.2 Å². The van der Waals surface area contributed by atoms with Crippen molar-refractivity contribution in [3.63, 3.8) is 0 Å². The van der Waals surface area contributed by atoms with Crippen LogP contribution >= 0.6 is 0 Å². The van der Waals surface area contributed by atoms with Crippen LogP contribution in [0.4, 0.5) is 0 Å².